The Bertz CT molecular complexity index is 1090. The molecule has 0 aliphatic rings. The third-order valence-corrected chi connectivity index (χ3v) is 2.97. The highest BCUT2D eigenvalue weighted by molar-refractivity contribution is 5.75. The van der Waals surface area contributed by atoms with Gasteiger partial charge >= 0.3 is 0 Å². The highest BCUT2D eigenvalue weighted by Crippen LogP contribution is 2.14. The first-order chi connectivity index (χ1) is 12.3. The molecule has 0 saturated heterocycles. The number of fused-ring (bicyclic) bond motifs is 1. The number of nitrogens with zero attached hydrogens (tertiary/aromatic N) is 4. The van der Waals surface area contributed by atoms with Gasteiger partial charge in [0.05, 0.1) is 26.9 Å². The predicted molar refractivity (Wildman–Crippen MR) is 84.6 cm³/mol. The van der Waals surface area contributed by atoms with Crippen molar-refractivity contribution in [2.75, 3.05) is 10.7 Å². The fourth-order valence-electron chi connectivity index (χ4n) is 1.91. The van der Waals surface area contributed by atoms with Crippen LogP contribution in [0.5, 0.6) is 0 Å². The van der Waals surface area contributed by atoms with Crippen LogP contribution in [0, 0.1) is 0 Å². The number of H-pyrrole nitrogens is 1. The zero-order valence-corrected chi connectivity index (χ0v) is 11.7. The van der Waals surface area contributed by atoms with Crippen molar-refractivity contribution in [2.45, 2.75) is 6.54 Å². The number of hydrazine groups is 1. The van der Waals surface area contributed by atoms with Crippen LogP contribution in [0.1, 0.15) is 20.2 Å². The number of rotatable bonds is 4. The maximum absolute atomic E-state index is 11.9. The Morgan fingerprint density at radius 2 is 2.22 bits per heavy atom. The molecular formula is C14H13N7O2. The Morgan fingerprint density at radius 1 is 1.39 bits per heavy atom. The van der Waals surface area contributed by atoms with Gasteiger partial charge in [-0.25, -0.2) is 15.8 Å². The Kier molecular flexibility index (Phi) is 2.85. The van der Waals surface area contributed by atoms with E-state index in [2.05, 4.69) is 19.9 Å². The molecule has 0 bridgehead atoms. The standard InChI is InChI=1S/C14H13N7O2/c15-14-19-12-11(13(23)20-14)18-9(5-17-12)6-21(16)10-3-1-8(7-22)2-4-10/h1-5,7H,6,16H2,(H3,15,17,19,20,23)/i1D,3D,7D. The van der Waals surface area contributed by atoms with Crippen LogP contribution < -0.4 is 22.1 Å². The monoisotopic (exact) mass is 314 g/mol. The Hall–Kier alpha value is -3.33. The fourth-order valence-corrected chi connectivity index (χ4v) is 1.91. The molecular weight excluding hydrogens is 298 g/mol. The van der Waals surface area contributed by atoms with E-state index < -0.39 is 17.9 Å². The summed E-state index contributed by atoms with van der Waals surface area (Å²) in [6, 6.07) is 1.94. The molecule has 23 heavy (non-hydrogen) atoms. The number of aromatic nitrogens is 4. The van der Waals surface area contributed by atoms with E-state index in [0.717, 1.165) is 5.01 Å². The summed E-state index contributed by atoms with van der Waals surface area (Å²) in [6.45, 7) is -0.0216. The van der Waals surface area contributed by atoms with Gasteiger partial charge < -0.3 is 10.7 Å². The predicted octanol–water partition coefficient (Wildman–Crippen LogP) is -0.0119. The molecule has 1 aromatic carbocycles. The molecule has 0 atom stereocenters. The van der Waals surface area contributed by atoms with Crippen LogP contribution in [0.3, 0.4) is 0 Å². The average molecular weight is 314 g/mol. The molecule has 9 heteroatoms. The molecule has 0 aliphatic heterocycles. The first-order valence-corrected chi connectivity index (χ1v) is 6.42. The molecule has 3 rings (SSSR count). The van der Waals surface area contributed by atoms with Crippen molar-refractivity contribution in [3.05, 3.63) is 52.0 Å². The number of carbonyl (C=O) groups is 1. The van der Waals surface area contributed by atoms with E-state index in [1.165, 1.54) is 18.3 Å². The lowest BCUT2D eigenvalue weighted by Gasteiger charge is -2.18. The normalized spacial score (nSPS) is 12.5. The molecule has 0 saturated carbocycles. The fraction of sp³-hybridized carbons (Fsp3) is 0.0714. The van der Waals surface area contributed by atoms with Gasteiger partial charge in [-0.15, -0.1) is 0 Å². The molecule has 3 aromatic rings. The van der Waals surface area contributed by atoms with Gasteiger partial charge in [0.15, 0.2) is 11.2 Å². The number of hydrogen-bond donors (Lipinski definition) is 3. The molecule has 2 heterocycles. The number of benzene rings is 1. The van der Waals surface area contributed by atoms with Gasteiger partial charge in [0.25, 0.3) is 5.56 Å². The lowest BCUT2D eigenvalue weighted by molar-refractivity contribution is 0.112. The highest BCUT2D eigenvalue weighted by atomic mass is 16.1. The van der Waals surface area contributed by atoms with E-state index in [1.807, 2.05) is 0 Å². The lowest BCUT2D eigenvalue weighted by Crippen LogP contribution is -2.30. The second kappa shape index (κ2) is 5.81. The maximum atomic E-state index is 11.9. The minimum atomic E-state index is -1.05. The molecule has 0 spiro atoms. The summed E-state index contributed by atoms with van der Waals surface area (Å²) in [5.74, 6) is 5.86. The molecule has 9 nitrogen and oxygen atoms in total. The summed E-state index contributed by atoms with van der Waals surface area (Å²) in [5.41, 5.74) is 5.28. The van der Waals surface area contributed by atoms with E-state index in [0.29, 0.717) is 5.69 Å². The second-order valence-electron chi connectivity index (χ2n) is 4.60. The number of nitrogens with one attached hydrogen (secondary N) is 1. The Balaban J connectivity index is 1.94. The topological polar surface area (TPSA) is 144 Å². The minimum absolute atomic E-state index is 0.00692. The van der Waals surface area contributed by atoms with Gasteiger partial charge in [0.2, 0.25) is 5.95 Å². The number of carbonyl (C=O) groups excluding carboxylic acids is 1. The van der Waals surface area contributed by atoms with E-state index in [9.17, 15) is 9.59 Å². The van der Waals surface area contributed by atoms with Crippen LogP contribution in [-0.2, 0) is 6.54 Å². The molecule has 0 amide bonds. The van der Waals surface area contributed by atoms with Gasteiger partial charge in [-0.2, -0.15) is 4.98 Å². The van der Waals surface area contributed by atoms with Crippen molar-refractivity contribution in [1.82, 2.24) is 19.9 Å². The summed E-state index contributed by atoms with van der Waals surface area (Å²) in [4.78, 5) is 37.3. The molecule has 5 N–H and O–H groups in total. The summed E-state index contributed by atoms with van der Waals surface area (Å²) in [5, 5.41) is 1.13. The number of hydrogen-bond acceptors (Lipinski definition) is 8. The first kappa shape index (κ1) is 11.3. The number of aromatic amines is 1. The summed E-state index contributed by atoms with van der Waals surface area (Å²) in [7, 11) is 0. The smallest absolute Gasteiger partial charge is 0.280 e. The van der Waals surface area contributed by atoms with Crippen LogP contribution in [0.15, 0.2) is 35.2 Å². The van der Waals surface area contributed by atoms with E-state index >= 15 is 0 Å². The molecule has 116 valence electrons. The van der Waals surface area contributed by atoms with E-state index in [-0.39, 0.29) is 41.0 Å². The zero-order chi connectivity index (χ0) is 19.0. The SMILES string of the molecule is [2H]C(=O)c1ccc(N(N)Cc2cnc3nc(N)[nH]c(=O)c3n2)c([2H])c1[2H]. The van der Waals surface area contributed by atoms with Crippen molar-refractivity contribution >= 4 is 29.1 Å². The molecule has 0 radical (unpaired) electrons. The lowest BCUT2D eigenvalue weighted by atomic mass is 10.2. The zero-order valence-electron chi connectivity index (χ0n) is 14.7. The number of aldehydes is 1. The summed E-state index contributed by atoms with van der Waals surface area (Å²) >= 11 is 0. The quantitative estimate of drug-likeness (QED) is 0.346. The van der Waals surface area contributed by atoms with Gasteiger partial charge in [-0.05, 0) is 24.2 Å². The molecule has 0 aliphatic carbocycles. The third kappa shape index (κ3) is 2.99. The third-order valence-electron chi connectivity index (χ3n) is 2.97. The van der Waals surface area contributed by atoms with Gasteiger partial charge in [0.1, 0.15) is 7.63 Å². The highest BCUT2D eigenvalue weighted by Gasteiger charge is 2.09. The number of anilines is 2. The van der Waals surface area contributed by atoms with Crippen molar-refractivity contribution in [2.24, 2.45) is 5.84 Å². The average Bonchev–Trinajstić information content (AvgIpc) is 2.57. The van der Waals surface area contributed by atoms with Crippen LogP contribution in [0.25, 0.3) is 11.2 Å². The summed E-state index contributed by atoms with van der Waals surface area (Å²) < 4.78 is 22.8. The summed E-state index contributed by atoms with van der Waals surface area (Å²) in [6.07, 6.45) is 0.311. The second-order valence-corrected chi connectivity index (χ2v) is 4.60. The minimum Gasteiger partial charge on any atom is -0.369 e. The van der Waals surface area contributed by atoms with Crippen molar-refractivity contribution < 1.29 is 8.91 Å². The molecule has 0 fully saturated rings. The van der Waals surface area contributed by atoms with Gasteiger partial charge in [-0.3, -0.25) is 14.6 Å². The molecule has 0 unspecified atom stereocenters. The van der Waals surface area contributed by atoms with Gasteiger partial charge in [0, 0.05) is 5.56 Å². The van der Waals surface area contributed by atoms with Gasteiger partial charge in [-0.1, -0.05) is 0 Å². The van der Waals surface area contributed by atoms with Crippen LogP contribution in [-0.4, -0.2) is 26.2 Å². The number of nitrogens with two attached hydrogens (primary N) is 2. The Labute approximate surface area is 134 Å². The molecule has 2 aromatic heterocycles. The van der Waals surface area contributed by atoms with Crippen LogP contribution in [0.4, 0.5) is 11.6 Å². The van der Waals surface area contributed by atoms with Crippen molar-refractivity contribution in [3.8, 4) is 0 Å². The van der Waals surface area contributed by atoms with Crippen molar-refractivity contribution in [1.29, 1.82) is 0 Å². The van der Waals surface area contributed by atoms with E-state index in [4.69, 9.17) is 15.7 Å². The Morgan fingerprint density at radius 3 is 3.00 bits per heavy atom. The van der Waals surface area contributed by atoms with E-state index in [1.54, 1.807) is 0 Å². The van der Waals surface area contributed by atoms with Crippen LogP contribution >= 0.6 is 0 Å². The number of nitrogen functional groups attached to an aromatic ring is 1. The first-order valence-electron chi connectivity index (χ1n) is 7.92. The largest absolute Gasteiger partial charge is 0.369 e. The van der Waals surface area contributed by atoms with Crippen LogP contribution in [0.2, 0.25) is 0 Å². The maximum Gasteiger partial charge on any atom is 0.280 e. The van der Waals surface area contributed by atoms with Crippen molar-refractivity contribution in [3.63, 3.8) is 0 Å².